The predicted molar refractivity (Wildman–Crippen MR) is 60.2 cm³/mol. The van der Waals surface area contributed by atoms with Crippen LogP contribution in [0.15, 0.2) is 6.20 Å². The molecule has 1 rings (SSSR count). The zero-order valence-corrected chi connectivity index (χ0v) is 9.40. The first-order chi connectivity index (χ1) is 8.27. The van der Waals surface area contributed by atoms with Crippen LogP contribution in [0.4, 0.5) is 11.5 Å². The van der Waals surface area contributed by atoms with E-state index in [2.05, 4.69) is 4.98 Å². The lowest BCUT2D eigenvalue weighted by Gasteiger charge is -2.17. The molecule has 6 N–H and O–H groups in total. The summed E-state index contributed by atoms with van der Waals surface area (Å²) < 4.78 is 0. The number of pyridine rings is 1. The van der Waals surface area contributed by atoms with Gasteiger partial charge in [-0.1, -0.05) is 0 Å². The number of carbonyl (C=O) groups excluding carboxylic acids is 1. The molecule has 1 aromatic heterocycles. The molecule has 18 heavy (non-hydrogen) atoms. The molecule has 0 saturated heterocycles. The van der Waals surface area contributed by atoms with Crippen molar-refractivity contribution in [3.05, 3.63) is 27.4 Å². The van der Waals surface area contributed by atoms with Gasteiger partial charge in [0.25, 0.3) is 0 Å². The molecule has 0 fully saturated rings. The number of aromatic nitrogens is 1. The van der Waals surface area contributed by atoms with E-state index in [1.165, 1.54) is 6.92 Å². The molecule has 0 radical (unpaired) electrons. The van der Waals surface area contributed by atoms with E-state index in [1.807, 2.05) is 0 Å². The quantitative estimate of drug-likeness (QED) is 0.386. The lowest BCUT2D eigenvalue weighted by atomic mass is 10.00. The van der Waals surface area contributed by atoms with E-state index in [0.717, 1.165) is 6.20 Å². The van der Waals surface area contributed by atoms with Crippen LogP contribution in [-0.4, -0.2) is 32.1 Å². The van der Waals surface area contributed by atoms with E-state index in [9.17, 15) is 25.1 Å². The maximum atomic E-state index is 10.8. The number of amides is 1. The number of primary amides is 1. The van der Waals surface area contributed by atoms with Crippen LogP contribution in [-0.2, 0) is 4.79 Å². The molecule has 98 valence electrons. The minimum absolute atomic E-state index is 0.0142. The van der Waals surface area contributed by atoms with E-state index in [4.69, 9.17) is 11.5 Å². The summed E-state index contributed by atoms with van der Waals surface area (Å²) in [5.74, 6) is -1.47. The van der Waals surface area contributed by atoms with Gasteiger partial charge < -0.3 is 21.7 Å². The molecule has 1 heterocycles. The minimum atomic E-state index is -1.88. The van der Waals surface area contributed by atoms with E-state index in [0.29, 0.717) is 0 Å². The van der Waals surface area contributed by atoms with Gasteiger partial charge in [0.2, 0.25) is 11.7 Å². The number of nitrogens with two attached hydrogens (primary N) is 2. The highest BCUT2D eigenvalue weighted by atomic mass is 16.6. The summed E-state index contributed by atoms with van der Waals surface area (Å²) >= 11 is 0. The lowest BCUT2D eigenvalue weighted by molar-refractivity contribution is -0.384. The Balaban J connectivity index is 3.31. The van der Waals surface area contributed by atoms with Crippen LogP contribution in [0.5, 0.6) is 0 Å². The van der Waals surface area contributed by atoms with Gasteiger partial charge >= 0.3 is 5.69 Å². The third kappa shape index (κ3) is 2.36. The molecule has 9 nitrogen and oxygen atoms in total. The van der Waals surface area contributed by atoms with Crippen molar-refractivity contribution < 1.29 is 19.9 Å². The van der Waals surface area contributed by atoms with Crippen molar-refractivity contribution in [2.75, 3.05) is 5.73 Å². The SMILES string of the molecule is Cc1c(C(O)C(O)C(N)=O)cnc(N)c1[N+](=O)[O-]. The highest BCUT2D eigenvalue weighted by molar-refractivity contribution is 5.79. The van der Waals surface area contributed by atoms with Gasteiger partial charge in [-0.3, -0.25) is 14.9 Å². The van der Waals surface area contributed by atoms with Crippen LogP contribution < -0.4 is 11.5 Å². The first-order valence-electron chi connectivity index (χ1n) is 4.82. The molecule has 1 amide bonds. The summed E-state index contributed by atoms with van der Waals surface area (Å²) in [5, 5.41) is 29.8. The summed E-state index contributed by atoms with van der Waals surface area (Å²) in [6.45, 7) is 1.32. The molecule has 0 spiro atoms. The van der Waals surface area contributed by atoms with Crippen LogP contribution >= 0.6 is 0 Å². The number of anilines is 1. The van der Waals surface area contributed by atoms with Gasteiger partial charge in [0, 0.05) is 17.3 Å². The Kier molecular flexibility index (Phi) is 3.79. The van der Waals surface area contributed by atoms with Crippen LogP contribution in [0, 0.1) is 17.0 Å². The molecule has 0 aromatic carbocycles. The Bertz CT molecular complexity index is 504. The summed E-state index contributed by atoms with van der Waals surface area (Å²) in [6, 6.07) is 0. The standard InChI is InChI=1S/C9H12N4O5/c1-3-4(6(14)7(15)9(11)16)2-12-8(10)5(3)13(17)18/h2,6-7,14-15H,1H3,(H2,10,12)(H2,11,16). The maximum Gasteiger partial charge on any atom is 0.314 e. The fourth-order valence-corrected chi connectivity index (χ4v) is 1.48. The van der Waals surface area contributed by atoms with Gasteiger partial charge in [-0.25, -0.2) is 4.98 Å². The highest BCUT2D eigenvalue weighted by Crippen LogP contribution is 2.30. The third-order valence-electron chi connectivity index (χ3n) is 2.47. The molecule has 2 unspecified atom stereocenters. The number of carbonyl (C=O) groups is 1. The fraction of sp³-hybridized carbons (Fsp3) is 0.333. The van der Waals surface area contributed by atoms with Crippen molar-refractivity contribution in [1.29, 1.82) is 0 Å². The van der Waals surface area contributed by atoms with E-state index >= 15 is 0 Å². The molecule has 0 aliphatic carbocycles. The molecule has 0 bridgehead atoms. The Morgan fingerprint density at radius 3 is 2.56 bits per heavy atom. The second-order valence-electron chi connectivity index (χ2n) is 3.62. The van der Waals surface area contributed by atoms with Crippen molar-refractivity contribution in [2.24, 2.45) is 5.73 Å². The molecule has 9 heteroatoms. The molecule has 0 aliphatic heterocycles. The number of aliphatic hydroxyl groups is 2. The second-order valence-corrected chi connectivity index (χ2v) is 3.62. The number of rotatable bonds is 4. The average molecular weight is 256 g/mol. The normalized spacial score (nSPS) is 13.9. The highest BCUT2D eigenvalue weighted by Gasteiger charge is 2.29. The fourth-order valence-electron chi connectivity index (χ4n) is 1.48. The van der Waals surface area contributed by atoms with Crippen molar-refractivity contribution >= 4 is 17.4 Å². The Morgan fingerprint density at radius 2 is 2.11 bits per heavy atom. The summed E-state index contributed by atoms with van der Waals surface area (Å²) in [5.41, 5.74) is 9.61. The minimum Gasteiger partial charge on any atom is -0.385 e. The summed E-state index contributed by atoms with van der Waals surface area (Å²) in [7, 11) is 0. The van der Waals surface area contributed by atoms with Gasteiger partial charge in [-0.2, -0.15) is 0 Å². The molecule has 2 atom stereocenters. The van der Waals surface area contributed by atoms with E-state index < -0.39 is 28.7 Å². The summed E-state index contributed by atoms with van der Waals surface area (Å²) in [4.78, 5) is 24.3. The zero-order chi connectivity index (χ0) is 14.0. The van der Waals surface area contributed by atoms with Crippen molar-refractivity contribution in [3.8, 4) is 0 Å². The van der Waals surface area contributed by atoms with E-state index in [-0.39, 0.29) is 16.9 Å². The maximum absolute atomic E-state index is 10.8. The van der Waals surface area contributed by atoms with Crippen LogP contribution in [0.1, 0.15) is 17.2 Å². The Morgan fingerprint density at radius 1 is 1.56 bits per heavy atom. The van der Waals surface area contributed by atoms with Gasteiger partial charge in [0.05, 0.1) is 4.92 Å². The number of aliphatic hydroxyl groups excluding tert-OH is 2. The zero-order valence-electron chi connectivity index (χ0n) is 9.40. The Hall–Kier alpha value is -2.26. The van der Waals surface area contributed by atoms with Crippen LogP contribution in [0.3, 0.4) is 0 Å². The number of nitrogen functional groups attached to an aromatic ring is 1. The number of hydrogen-bond acceptors (Lipinski definition) is 7. The molecular formula is C9H12N4O5. The number of hydrogen-bond donors (Lipinski definition) is 4. The molecule has 0 saturated carbocycles. The predicted octanol–water partition coefficient (Wildman–Crippen LogP) is -1.24. The number of nitro groups is 1. The average Bonchev–Trinajstić information content (AvgIpc) is 2.26. The van der Waals surface area contributed by atoms with Gasteiger partial charge in [0.1, 0.15) is 6.10 Å². The molecular weight excluding hydrogens is 244 g/mol. The monoisotopic (exact) mass is 256 g/mol. The van der Waals surface area contributed by atoms with Gasteiger partial charge in [-0.15, -0.1) is 0 Å². The Labute approximate surface area is 101 Å². The number of nitrogens with zero attached hydrogens (tertiary/aromatic N) is 2. The van der Waals surface area contributed by atoms with E-state index in [1.54, 1.807) is 0 Å². The van der Waals surface area contributed by atoms with Gasteiger partial charge in [0.15, 0.2) is 6.10 Å². The summed E-state index contributed by atoms with van der Waals surface area (Å²) in [6.07, 6.45) is -2.53. The molecule has 1 aromatic rings. The lowest BCUT2D eigenvalue weighted by Crippen LogP contribution is -2.34. The third-order valence-corrected chi connectivity index (χ3v) is 2.47. The topological polar surface area (TPSA) is 166 Å². The second kappa shape index (κ2) is 4.94. The largest absolute Gasteiger partial charge is 0.385 e. The first kappa shape index (κ1) is 13.8. The first-order valence-corrected chi connectivity index (χ1v) is 4.82. The van der Waals surface area contributed by atoms with Crippen molar-refractivity contribution in [3.63, 3.8) is 0 Å². The van der Waals surface area contributed by atoms with Crippen molar-refractivity contribution in [2.45, 2.75) is 19.1 Å². The smallest absolute Gasteiger partial charge is 0.314 e. The van der Waals surface area contributed by atoms with Crippen molar-refractivity contribution in [1.82, 2.24) is 4.98 Å². The van der Waals surface area contributed by atoms with Crippen LogP contribution in [0.25, 0.3) is 0 Å². The van der Waals surface area contributed by atoms with Gasteiger partial charge in [-0.05, 0) is 6.92 Å². The molecule has 0 aliphatic rings. The van der Waals surface area contributed by atoms with Crippen LogP contribution in [0.2, 0.25) is 0 Å².